The van der Waals surface area contributed by atoms with Crippen molar-refractivity contribution in [3.8, 4) is 0 Å². The summed E-state index contributed by atoms with van der Waals surface area (Å²) < 4.78 is 2.16. The van der Waals surface area contributed by atoms with E-state index in [0.29, 0.717) is 10.3 Å². The summed E-state index contributed by atoms with van der Waals surface area (Å²) >= 11 is 3.20. The van der Waals surface area contributed by atoms with Crippen molar-refractivity contribution in [3.63, 3.8) is 0 Å². The van der Waals surface area contributed by atoms with Crippen molar-refractivity contribution in [1.82, 2.24) is 9.38 Å². The zero-order chi connectivity index (χ0) is 10.3. The minimum atomic E-state index is -1.03. The van der Waals surface area contributed by atoms with Crippen LogP contribution in [0.4, 0.5) is 0 Å². The SMILES string of the molecule is Cc1ccn2c(Br)c(C(=O)O)nc2c1. The van der Waals surface area contributed by atoms with E-state index in [1.165, 1.54) is 0 Å². The third kappa shape index (κ3) is 1.29. The van der Waals surface area contributed by atoms with Crippen LogP contribution in [0.5, 0.6) is 0 Å². The van der Waals surface area contributed by atoms with Crippen molar-refractivity contribution in [3.05, 3.63) is 34.2 Å². The van der Waals surface area contributed by atoms with Gasteiger partial charge in [0, 0.05) is 6.20 Å². The molecule has 0 saturated heterocycles. The van der Waals surface area contributed by atoms with Crippen molar-refractivity contribution in [2.75, 3.05) is 0 Å². The number of carbonyl (C=O) groups is 1. The topological polar surface area (TPSA) is 54.6 Å². The molecule has 0 radical (unpaired) electrons. The molecule has 0 aromatic carbocycles. The Morgan fingerprint density at radius 1 is 1.64 bits per heavy atom. The molecular weight excluding hydrogens is 248 g/mol. The van der Waals surface area contributed by atoms with Crippen LogP contribution in [0.2, 0.25) is 0 Å². The maximum atomic E-state index is 10.8. The van der Waals surface area contributed by atoms with Crippen molar-refractivity contribution < 1.29 is 9.90 Å². The van der Waals surface area contributed by atoms with Crippen molar-refractivity contribution in [2.45, 2.75) is 6.92 Å². The summed E-state index contributed by atoms with van der Waals surface area (Å²) in [5, 5.41) is 8.83. The van der Waals surface area contributed by atoms with E-state index < -0.39 is 5.97 Å². The van der Waals surface area contributed by atoms with Crippen LogP contribution in [0.1, 0.15) is 16.1 Å². The Hall–Kier alpha value is -1.36. The average Bonchev–Trinajstić information content (AvgIpc) is 2.43. The molecule has 14 heavy (non-hydrogen) atoms. The first-order valence-electron chi connectivity index (χ1n) is 3.97. The van der Waals surface area contributed by atoms with E-state index in [1.54, 1.807) is 10.6 Å². The average molecular weight is 255 g/mol. The lowest BCUT2D eigenvalue weighted by Crippen LogP contribution is -1.97. The van der Waals surface area contributed by atoms with Gasteiger partial charge in [0.25, 0.3) is 0 Å². The number of rotatable bonds is 1. The van der Waals surface area contributed by atoms with Gasteiger partial charge in [-0.15, -0.1) is 0 Å². The lowest BCUT2D eigenvalue weighted by molar-refractivity contribution is 0.0690. The van der Waals surface area contributed by atoms with Crippen LogP contribution >= 0.6 is 15.9 Å². The van der Waals surface area contributed by atoms with Crippen molar-refractivity contribution >= 4 is 27.5 Å². The van der Waals surface area contributed by atoms with E-state index in [1.807, 2.05) is 19.1 Å². The molecule has 0 aliphatic carbocycles. The van der Waals surface area contributed by atoms with Crippen LogP contribution in [0.3, 0.4) is 0 Å². The Bertz CT molecular complexity index is 519. The smallest absolute Gasteiger partial charge is 0.357 e. The first kappa shape index (κ1) is 9.21. The van der Waals surface area contributed by atoms with Gasteiger partial charge >= 0.3 is 5.97 Å². The van der Waals surface area contributed by atoms with Crippen LogP contribution < -0.4 is 0 Å². The number of aromatic carboxylic acids is 1. The summed E-state index contributed by atoms with van der Waals surface area (Å²) in [6.07, 6.45) is 1.79. The first-order chi connectivity index (χ1) is 6.59. The molecule has 2 heterocycles. The number of pyridine rings is 1. The Labute approximate surface area is 88.3 Å². The van der Waals surface area contributed by atoms with Gasteiger partial charge < -0.3 is 5.11 Å². The van der Waals surface area contributed by atoms with Crippen LogP contribution in [-0.4, -0.2) is 20.5 Å². The molecular formula is C9H7BrN2O2. The number of carboxylic acid groups (broad SMARTS) is 1. The summed E-state index contributed by atoms with van der Waals surface area (Å²) in [6, 6.07) is 3.72. The number of aryl methyl sites for hydroxylation is 1. The molecule has 2 aromatic heterocycles. The van der Waals surface area contributed by atoms with Gasteiger partial charge in [-0.2, -0.15) is 0 Å². The van der Waals surface area contributed by atoms with Crippen LogP contribution in [0, 0.1) is 6.92 Å². The second kappa shape index (κ2) is 3.09. The van der Waals surface area contributed by atoms with Crippen LogP contribution in [0.25, 0.3) is 5.65 Å². The molecule has 0 aliphatic rings. The summed E-state index contributed by atoms with van der Waals surface area (Å²) in [6.45, 7) is 1.93. The third-order valence-corrected chi connectivity index (χ3v) is 2.68. The third-order valence-electron chi connectivity index (χ3n) is 1.93. The van der Waals surface area contributed by atoms with Crippen molar-refractivity contribution in [1.29, 1.82) is 0 Å². The minimum Gasteiger partial charge on any atom is -0.476 e. The Morgan fingerprint density at radius 3 is 3.00 bits per heavy atom. The van der Waals surface area contributed by atoms with E-state index in [0.717, 1.165) is 5.56 Å². The number of fused-ring (bicyclic) bond motifs is 1. The van der Waals surface area contributed by atoms with E-state index in [2.05, 4.69) is 20.9 Å². The fraction of sp³-hybridized carbons (Fsp3) is 0.111. The van der Waals surface area contributed by atoms with Gasteiger partial charge in [0.1, 0.15) is 10.3 Å². The zero-order valence-electron chi connectivity index (χ0n) is 7.36. The van der Waals surface area contributed by atoms with Crippen LogP contribution in [0.15, 0.2) is 22.9 Å². The molecule has 0 spiro atoms. The number of nitrogens with zero attached hydrogens (tertiary/aromatic N) is 2. The molecule has 0 amide bonds. The predicted molar refractivity (Wildman–Crippen MR) is 54.6 cm³/mol. The van der Waals surface area contributed by atoms with Gasteiger partial charge in [0.15, 0.2) is 5.69 Å². The quantitative estimate of drug-likeness (QED) is 0.848. The normalized spacial score (nSPS) is 10.7. The molecule has 2 rings (SSSR count). The molecule has 0 saturated carbocycles. The fourth-order valence-corrected chi connectivity index (χ4v) is 1.81. The van der Waals surface area contributed by atoms with Gasteiger partial charge in [0.2, 0.25) is 0 Å². The highest BCUT2D eigenvalue weighted by Crippen LogP contribution is 2.19. The maximum absolute atomic E-state index is 10.8. The summed E-state index contributed by atoms with van der Waals surface area (Å²) in [4.78, 5) is 14.8. The van der Waals surface area contributed by atoms with Gasteiger partial charge in [-0.3, -0.25) is 4.40 Å². The van der Waals surface area contributed by atoms with Gasteiger partial charge in [-0.25, -0.2) is 9.78 Å². The van der Waals surface area contributed by atoms with Gasteiger partial charge in [-0.1, -0.05) is 0 Å². The highest BCUT2D eigenvalue weighted by atomic mass is 79.9. The molecule has 0 unspecified atom stereocenters. The predicted octanol–water partition coefficient (Wildman–Crippen LogP) is 2.10. The second-order valence-corrected chi connectivity index (χ2v) is 3.74. The molecule has 1 N–H and O–H groups in total. The molecule has 0 bridgehead atoms. The van der Waals surface area contributed by atoms with Crippen molar-refractivity contribution in [2.24, 2.45) is 0 Å². The number of hydrogen-bond donors (Lipinski definition) is 1. The number of imidazole rings is 1. The minimum absolute atomic E-state index is 0.0376. The molecule has 4 nitrogen and oxygen atoms in total. The molecule has 2 aromatic rings. The molecule has 0 atom stereocenters. The molecule has 72 valence electrons. The largest absolute Gasteiger partial charge is 0.476 e. The molecule has 0 fully saturated rings. The maximum Gasteiger partial charge on any atom is 0.357 e. The highest BCUT2D eigenvalue weighted by Gasteiger charge is 2.15. The fourth-order valence-electron chi connectivity index (χ4n) is 1.25. The summed E-state index contributed by atoms with van der Waals surface area (Å²) in [5.41, 5.74) is 1.72. The van der Waals surface area contributed by atoms with Gasteiger partial charge in [0.05, 0.1) is 0 Å². The van der Waals surface area contributed by atoms with Gasteiger partial charge in [-0.05, 0) is 40.5 Å². The Balaban J connectivity index is 2.79. The number of halogens is 1. The Morgan fingerprint density at radius 2 is 2.36 bits per heavy atom. The Kier molecular flexibility index (Phi) is 2.03. The summed E-state index contributed by atoms with van der Waals surface area (Å²) in [5.74, 6) is -1.03. The monoisotopic (exact) mass is 254 g/mol. The van der Waals surface area contributed by atoms with Crippen LogP contribution in [-0.2, 0) is 0 Å². The van der Waals surface area contributed by atoms with E-state index in [-0.39, 0.29) is 5.69 Å². The standard InChI is InChI=1S/C9H7BrN2O2/c1-5-2-3-12-6(4-5)11-7(8(12)10)9(13)14/h2-4H,1H3,(H,13,14). The zero-order valence-corrected chi connectivity index (χ0v) is 8.95. The lowest BCUT2D eigenvalue weighted by Gasteiger charge is -1.95. The lowest BCUT2D eigenvalue weighted by atomic mass is 10.3. The number of aromatic nitrogens is 2. The van der Waals surface area contributed by atoms with E-state index >= 15 is 0 Å². The highest BCUT2D eigenvalue weighted by molar-refractivity contribution is 9.10. The van der Waals surface area contributed by atoms with E-state index in [4.69, 9.17) is 5.11 Å². The first-order valence-corrected chi connectivity index (χ1v) is 4.76. The van der Waals surface area contributed by atoms with E-state index in [9.17, 15) is 4.79 Å². The molecule has 0 aliphatic heterocycles. The number of carboxylic acids is 1. The number of hydrogen-bond acceptors (Lipinski definition) is 2. The molecule has 5 heteroatoms. The summed E-state index contributed by atoms with van der Waals surface area (Å²) in [7, 11) is 0. The second-order valence-electron chi connectivity index (χ2n) is 2.99.